The fourth-order valence-corrected chi connectivity index (χ4v) is 3.24. The lowest BCUT2D eigenvalue weighted by molar-refractivity contribution is -0.125. The molecule has 3 aromatic carbocycles. The number of benzene rings is 3. The van der Waals surface area contributed by atoms with Crippen LogP contribution in [0.3, 0.4) is 0 Å². The Balaban J connectivity index is 1.49. The number of carbonyl (C=O) groups is 2. The molecule has 0 saturated carbocycles. The lowest BCUT2D eigenvalue weighted by Crippen LogP contribution is -2.36. The molecule has 0 saturated heterocycles. The van der Waals surface area contributed by atoms with Crippen molar-refractivity contribution in [3.05, 3.63) is 70.2 Å². The summed E-state index contributed by atoms with van der Waals surface area (Å²) in [6, 6.07) is 17.4. The molecule has 0 spiro atoms. The van der Waals surface area contributed by atoms with E-state index in [4.69, 9.17) is 4.74 Å². The van der Waals surface area contributed by atoms with Crippen molar-refractivity contribution >= 4 is 44.2 Å². The zero-order valence-corrected chi connectivity index (χ0v) is 17.3. The second-order valence-corrected chi connectivity index (χ2v) is 7.45. The maximum atomic E-state index is 12.1. The van der Waals surface area contributed by atoms with Crippen molar-refractivity contribution in [3.8, 4) is 5.75 Å². The zero-order chi connectivity index (χ0) is 20.1. The molecule has 0 bridgehead atoms. The number of fused-ring (bicyclic) bond motifs is 1. The summed E-state index contributed by atoms with van der Waals surface area (Å²) in [5.41, 5.74) is 2.73. The molecule has 6 heteroatoms. The Kier molecular flexibility index (Phi) is 6.31. The highest BCUT2D eigenvalue weighted by Gasteiger charge is 2.10. The molecule has 0 aliphatic rings. The van der Waals surface area contributed by atoms with Crippen LogP contribution in [-0.2, 0) is 9.59 Å². The standard InChI is InChI=1S/C22H21BrN2O3/c1-14-4-3-5-15(2)22(14)25-20(26)12-24-21(27)13-28-19-9-7-16-10-18(23)8-6-17(16)11-19/h3-11H,12-13H2,1-2H3,(H,24,27)(H,25,26). The molecule has 0 aliphatic heterocycles. The van der Waals surface area contributed by atoms with Gasteiger partial charge in [0.05, 0.1) is 6.54 Å². The minimum Gasteiger partial charge on any atom is -0.484 e. The first-order chi connectivity index (χ1) is 13.4. The molecule has 5 nitrogen and oxygen atoms in total. The number of amides is 2. The number of carbonyl (C=O) groups excluding carboxylic acids is 2. The van der Waals surface area contributed by atoms with E-state index in [0.29, 0.717) is 5.75 Å². The molecule has 144 valence electrons. The van der Waals surface area contributed by atoms with Crippen LogP contribution >= 0.6 is 15.9 Å². The summed E-state index contributed by atoms with van der Waals surface area (Å²) in [5.74, 6) is -0.0282. The van der Waals surface area contributed by atoms with Crippen molar-refractivity contribution in [3.63, 3.8) is 0 Å². The maximum Gasteiger partial charge on any atom is 0.258 e. The highest BCUT2D eigenvalue weighted by Crippen LogP contribution is 2.24. The molecule has 0 aliphatic carbocycles. The Morgan fingerprint density at radius 1 is 0.929 bits per heavy atom. The summed E-state index contributed by atoms with van der Waals surface area (Å²) in [6.07, 6.45) is 0. The van der Waals surface area contributed by atoms with Gasteiger partial charge in [-0.3, -0.25) is 9.59 Å². The van der Waals surface area contributed by atoms with Crippen LogP contribution in [-0.4, -0.2) is 25.0 Å². The number of hydrogen-bond donors (Lipinski definition) is 2. The van der Waals surface area contributed by atoms with Crippen molar-refractivity contribution in [2.75, 3.05) is 18.5 Å². The van der Waals surface area contributed by atoms with E-state index in [1.165, 1.54) is 0 Å². The first-order valence-electron chi connectivity index (χ1n) is 8.87. The molecule has 0 atom stereocenters. The van der Waals surface area contributed by atoms with E-state index in [9.17, 15) is 9.59 Å². The minimum absolute atomic E-state index is 0.109. The number of rotatable bonds is 6. The third-order valence-corrected chi connectivity index (χ3v) is 4.83. The van der Waals surface area contributed by atoms with Crippen molar-refractivity contribution in [1.82, 2.24) is 5.32 Å². The molecule has 0 aromatic heterocycles. The highest BCUT2D eigenvalue weighted by molar-refractivity contribution is 9.10. The topological polar surface area (TPSA) is 67.4 Å². The average molecular weight is 441 g/mol. The fraction of sp³-hybridized carbons (Fsp3) is 0.182. The molecule has 2 amide bonds. The van der Waals surface area contributed by atoms with Gasteiger partial charge < -0.3 is 15.4 Å². The molecule has 0 heterocycles. The SMILES string of the molecule is Cc1cccc(C)c1NC(=O)CNC(=O)COc1ccc2cc(Br)ccc2c1. The van der Waals surface area contributed by atoms with E-state index in [-0.39, 0.29) is 25.0 Å². The summed E-state index contributed by atoms with van der Waals surface area (Å²) in [7, 11) is 0. The van der Waals surface area contributed by atoms with Crippen LogP contribution in [0.5, 0.6) is 5.75 Å². The number of hydrogen-bond acceptors (Lipinski definition) is 3. The highest BCUT2D eigenvalue weighted by atomic mass is 79.9. The van der Waals surface area contributed by atoms with Gasteiger partial charge in [0.25, 0.3) is 5.91 Å². The van der Waals surface area contributed by atoms with E-state index in [0.717, 1.165) is 32.1 Å². The predicted octanol–water partition coefficient (Wildman–Crippen LogP) is 4.35. The molecular weight excluding hydrogens is 420 g/mol. The smallest absolute Gasteiger partial charge is 0.258 e. The normalized spacial score (nSPS) is 10.5. The number of anilines is 1. The van der Waals surface area contributed by atoms with Gasteiger partial charge in [-0.05, 0) is 60.0 Å². The number of halogens is 1. The van der Waals surface area contributed by atoms with Gasteiger partial charge in [-0.1, -0.05) is 46.3 Å². The summed E-state index contributed by atoms with van der Waals surface area (Å²) >= 11 is 3.44. The maximum absolute atomic E-state index is 12.1. The van der Waals surface area contributed by atoms with Crippen LogP contribution in [0.4, 0.5) is 5.69 Å². The van der Waals surface area contributed by atoms with Crippen molar-refractivity contribution in [2.24, 2.45) is 0 Å². The van der Waals surface area contributed by atoms with Gasteiger partial charge in [0.2, 0.25) is 5.91 Å². The molecule has 0 radical (unpaired) electrons. The van der Waals surface area contributed by atoms with Gasteiger partial charge in [-0.15, -0.1) is 0 Å². The average Bonchev–Trinajstić information content (AvgIpc) is 2.67. The minimum atomic E-state index is -0.354. The van der Waals surface area contributed by atoms with Crippen molar-refractivity contribution < 1.29 is 14.3 Å². The zero-order valence-electron chi connectivity index (χ0n) is 15.7. The lowest BCUT2D eigenvalue weighted by atomic mass is 10.1. The van der Waals surface area contributed by atoms with Crippen LogP contribution in [0.15, 0.2) is 59.1 Å². The van der Waals surface area contributed by atoms with Crippen LogP contribution in [0.1, 0.15) is 11.1 Å². The van der Waals surface area contributed by atoms with Crippen LogP contribution in [0, 0.1) is 13.8 Å². The van der Waals surface area contributed by atoms with Gasteiger partial charge >= 0.3 is 0 Å². The van der Waals surface area contributed by atoms with Gasteiger partial charge in [0.15, 0.2) is 6.61 Å². The van der Waals surface area contributed by atoms with Crippen molar-refractivity contribution in [2.45, 2.75) is 13.8 Å². The predicted molar refractivity (Wildman–Crippen MR) is 115 cm³/mol. The Morgan fingerprint density at radius 2 is 1.61 bits per heavy atom. The third-order valence-electron chi connectivity index (χ3n) is 4.34. The molecule has 0 unspecified atom stereocenters. The molecule has 28 heavy (non-hydrogen) atoms. The second kappa shape index (κ2) is 8.89. The van der Waals surface area contributed by atoms with E-state index < -0.39 is 0 Å². The van der Waals surface area contributed by atoms with Gasteiger partial charge in [-0.25, -0.2) is 0 Å². The van der Waals surface area contributed by atoms with Gasteiger partial charge in [0, 0.05) is 10.2 Å². The Bertz CT molecular complexity index is 1010. The van der Waals surface area contributed by atoms with Gasteiger partial charge in [0.1, 0.15) is 5.75 Å². The third kappa shape index (κ3) is 5.10. The van der Waals surface area contributed by atoms with E-state index in [2.05, 4.69) is 26.6 Å². The number of nitrogens with one attached hydrogen (secondary N) is 2. The summed E-state index contributed by atoms with van der Waals surface area (Å²) in [4.78, 5) is 24.1. The Hall–Kier alpha value is -2.86. The van der Waals surface area contributed by atoms with E-state index >= 15 is 0 Å². The number of para-hydroxylation sites is 1. The van der Waals surface area contributed by atoms with E-state index in [1.807, 2.05) is 68.4 Å². The monoisotopic (exact) mass is 440 g/mol. The molecule has 0 fully saturated rings. The lowest BCUT2D eigenvalue weighted by Gasteiger charge is -2.12. The molecule has 3 aromatic rings. The second-order valence-electron chi connectivity index (χ2n) is 6.53. The van der Waals surface area contributed by atoms with Crippen LogP contribution < -0.4 is 15.4 Å². The summed E-state index contributed by atoms with van der Waals surface area (Å²) < 4.78 is 6.55. The largest absolute Gasteiger partial charge is 0.484 e. The van der Waals surface area contributed by atoms with Crippen LogP contribution in [0.25, 0.3) is 10.8 Å². The molecular formula is C22H21BrN2O3. The fourth-order valence-electron chi connectivity index (χ4n) is 2.86. The first kappa shape index (κ1) is 19.9. The molecule has 2 N–H and O–H groups in total. The van der Waals surface area contributed by atoms with Crippen molar-refractivity contribution in [1.29, 1.82) is 0 Å². The quantitative estimate of drug-likeness (QED) is 0.598. The van der Waals surface area contributed by atoms with E-state index in [1.54, 1.807) is 0 Å². The van der Waals surface area contributed by atoms with Gasteiger partial charge in [-0.2, -0.15) is 0 Å². The number of ether oxygens (including phenoxy) is 1. The first-order valence-corrected chi connectivity index (χ1v) is 9.66. The molecule has 3 rings (SSSR count). The summed E-state index contributed by atoms with van der Waals surface area (Å²) in [6.45, 7) is 3.59. The Morgan fingerprint density at radius 3 is 2.36 bits per heavy atom. The Labute approximate surface area is 172 Å². The number of aryl methyl sites for hydroxylation is 2. The van der Waals surface area contributed by atoms with Crippen LogP contribution in [0.2, 0.25) is 0 Å². The summed E-state index contributed by atoms with van der Waals surface area (Å²) in [5, 5.41) is 7.51.